The number of unbranched alkanes of at least 4 members (excludes halogenated alkanes) is 1. The average molecular weight is 302 g/mol. The van der Waals surface area contributed by atoms with Gasteiger partial charge in [0, 0.05) is 23.4 Å². The molecule has 0 saturated heterocycles. The van der Waals surface area contributed by atoms with Gasteiger partial charge in [0.15, 0.2) is 0 Å². The van der Waals surface area contributed by atoms with Crippen molar-refractivity contribution in [2.75, 3.05) is 13.1 Å². The molecule has 1 heterocycles. The summed E-state index contributed by atoms with van der Waals surface area (Å²) in [5, 5.41) is 4.73. The van der Waals surface area contributed by atoms with Gasteiger partial charge in [-0.15, -0.1) is 11.3 Å². The highest BCUT2D eigenvalue weighted by Gasteiger charge is 2.11. The van der Waals surface area contributed by atoms with E-state index in [1.165, 1.54) is 45.1 Å². The number of hydrogen-bond acceptors (Lipinski definition) is 3. The summed E-state index contributed by atoms with van der Waals surface area (Å²) in [5.41, 5.74) is 5.07. The fourth-order valence-corrected chi connectivity index (χ4v) is 3.46. The molecule has 0 aliphatic rings. The van der Waals surface area contributed by atoms with E-state index in [2.05, 4.69) is 51.2 Å². The molecule has 2 aromatic rings. The summed E-state index contributed by atoms with van der Waals surface area (Å²) in [5.74, 6) is 0. The molecule has 1 aromatic carbocycles. The highest BCUT2D eigenvalue weighted by Crippen LogP contribution is 2.30. The lowest BCUT2D eigenvalue weighted by atomic mass is 10.0. The quantitative estimate of drug-likeness (QED) is 0.752. The Hall–Kier alpha value is -1.19. The SMILES string of the molecule is CCCCNCCc1nc(-c2ccc(C)cc2C)c(C)s1. The maximum atomic E-state index is 4.87. The zero-order valence-corrected chi connectivity index (χ0v) is 14.4. The van der Waals surface area contributed by atoms with Crippen molar-refractivity contribution in [2.24, 2.45) is 0 Å². The number of aryl methyl sites for hydroxylation is 3. The van der Waals surface area contributed by atoms with Crippen LogP contribution in [0.1, 0.15) is 40.8 Å². The molecule has 2 rings (SSSR count). The van der Waals surface area contributed by atoms with Crippen LogP contribution < -0.4 is 5.32 Å². The van der Waals surface area contributed by atoms with E-state index in [4.69, 9.17) is 4.98 Å². The highest BCUT2D eigenvalue weighted by molar-refractivity contribution is 7.12. The molecule has 0 bridgehead atoms. The Kier molecular flexibility index (Phi) is 5.95. The Morgan fingerprint density at radius 2 is 1.95 bits per heavy atom. The number of nitrogens with one attached hydrogen (secondary N) is 1. The van der Waals surface area contributed by atoms with Gasteiger partial charge >= 0.3 is 0 Å². The van der Waals surface area contributed by atoms with Gasteiger partial charge < -0.3 is 5.32 Å². The van der Waals surface area contributed by atoms with Crippen LogP contribution in [0.2, 0.25) is 0 Å². The molecule has 0 atom stereocenters. The molecular weight excluding hydrogens is 276 g/mol. The van der Waals surface area contributed by atoms with E-state index in [-0.39, 0.29) is 0 Å². The van der Waals surface area contributed by atoms with Crippen molar-refractivity contribution in [3.63, 3.8) is 0 Å². The molecule has 3 heteroatoms. The maximum Gasteiger partial charge on any atom is 0.0948 e. The second-order valence-corrected chi connectivity index (χ2v) is 6.97. The van der Waals surface area contributed by atoms with Crippen molar-refractivity contribution in [1.29, 1.82) is 0 Å². The molecule has 0 amide bonds. The first-order valence-electron chi connectivity index (χ1n) is 7.86. The molecule has 0 unspecified atom stereocenters. The van der Waals surface area contributed by atoms with Gasteiger partial charge in [-0.3, -0.25) is 0 Å². The molecule has 1 aromatic heterocycles. The van der Waals surface area contributed by atoms with E-state index < -0.39 is 0 Å². The first-order valence-corrected chi connectivity index (χ1v) is 8.68. The van der Waals surface area contributed by atoms with Crippen LogP contribution in [0.5, 0.6) is 0 Å². The standard InChI is InChI=1S/C18H26N2S/c1-5-6-10-19-11-9-17-20-18(15(4)21-17)16-8-7-13(2)12-14(16)3/h7-8,12,19H,5-6,9-11H2,1-4H3. The zero-order chi connectivity index (χ0) is 15.2. The molecule has 114 valence electrons. The van der Waals surface area contributed by atoms with Crippen LogP contribution in [-0.2, 0) is 6.42 Å². The third kappa shape index (κ3) is 4.39. The summed E-state index contributed by atoms with van der Waals surface area (Å²) in [4.78, 5) is 6.19. The third-order valence-corrected chi connectivity index (χ3v) is 4.73. The Balaban J connectivity index is 2.05. The van der Waals surface area contributed by atoms with Crippen molar-refractivity contribution in [3.8, 4) is 11.3 Å². The summed E-state index contributed by atoms with van der Waals surface area (Å²) in [6.45, 7) is 10.9. The number of aromatic nitrogens is 1. The lowest BCUT2D eigenvalue weighted by Gasteiger charge is -2.05. The second kappa shape index (κ2) is 7.71. The Labute approximate surface area is 132 Å². The normalized spacial score (nSPS) is 11.0. The molecule has 0 radical (unpaired) electrons. The van der Waals surface area contributed by atoms with Gasteiger partial charge in [-0.05, 0) is 39.3 Å². The van der Waals surface area contributed by atoms with Crippen molar-refractivity contribution in [1.82, 2.24) is 10.3 Å². The van der Waals surface area contributed by atoms with Crippen LogP contribution in [-0.4, -0.2) is 18.1 Å². The van der Waals surface area contributed by atoms with Crippen molar-refractivity contribution >= 4 is 11.3 Å². The van der Waals surface area contributed by atoms with E-state index in [1.54, 1.807) is 0 Å². The van der Waals surface area contributed by atoms with Gasteiger partial charge in [-0.2, -0.15) is 0 Å². The molecule has 0 spiro atoms. The number of rotatable bonds is 7. The van der Waals surface area contributed by atoms with Crippen LogP contribution in [0.15, 0.2) is 18.2 Å². The number of hydrogen-bond donors (Lipinski definition) is 1. The predicted molar refractivity (Wildman–Crippen MR) is 93.2 cm³/mol. The van der Waals surface area contributed by atoms with Crippen LogP contribution in [0.4, 0.5) is 0 Å². The number of thiazole rings is 1. The number of benzene rings is 1. The molecule has 1 N–H and O–H groups in total. The first kappa shape index (κ1) is 16.2. The van der Waals surface area contributed by atoms with E-state index in [0.29, 0.717) is 0 Å². The van der Waals surface area contributed by atoms with Crippen molar-refractivity contribution < 1.29 is 0 Å². The largest absolute Gasteiger partial charge is 0.316 e. The third-order valence-electron chi connectivity index (χ3n) is 3.70. The van der Waals surface area contributed by atoms with Gasteiger partial charge in [0.1, 0.15) is 0 Å². The summed E-state index contributed by atoms with van der Waals surface area (Å²) < 4.78 is 0. The summed E-state index contributed by atoms with van der Waals surface area (Å²) >= 11 is 1.83. The second-order valence-electron chi connectivity index (χ2n) is 5.68. The fraction of sp³-hybridized carbons (Fsp3) is 0.500. The Bertz CT molecular complexity index is 587. The van der Waals surface area contributed by atoms with Gasteiger partial charge in [-0.1, -0.05) is 37.1 Å². The zero-order valence-electron chi connectivity index (χ0n) is 13.6. The maximum absolute atomic E-state index is 4.87. The molecule has 0 saturated carbocycles. The minimum Gasteiger partial charge on any atom is -0.316 e. The topological polar surface area (TPSA) is 24.9 Å². The van der Waals surface area contributed by atoms with E-state index in [1.807, 2.05) is 11.3 Å². The van der Waals surface area contributed by atoms with Gasteiger partial charge in [0.05, 0.1) is 10.7 Å². The van der Waals surface area contributed by atoms with Gasteiger partial charge in [0.2, 0.25) is 0 Å². The smallest absolute Gasteiger partial charge is 0.0948 e. The Morgan fingerprint density at radius 3 is 2.67 bits per heavy atom. The minimum atomic E-state index is 1.03. The highest BCUT2D eigenvalue weighted by atomic mass is 32.1. The van der Waals surface area contributed by atoms with Crippen molar-refractivity contribution in [3.05, 3.63) is 39.2 Å². The first-order chi connectivity index (χ1) is 10.1. The Morgan fingerprint density at radius 1 is 1.14 bits per heavy atom. The molecule has 0 aliphatic carbocycles. The lowest BCUT2D eigenvalue weighted by Crippen LogP contribution is -2.18. The van der Waals surface area contributed by atoms with Crippen LogP contribution in [0, 0.1) is 20.8 Å². The lowest BCUT2D eigenvalue weighted by molar-refractivity contribution is 0.639. The van der Waals surface area contributed by atoms with Crippen LogP contribution >= 0.6 is 11.3 Å². The summed E-state index contributed by atoms with van der Waals surface area (Å²) in [7, 11) is 0. The van der Waals surface area contributed by atoms with E-state index in [0.717, 1.165) is 19.5 Å². The van der Waals surface area contributed by atoms with Crippen molar-refractivity contribution in [2.45, 2.75) is 47.0 Å². The molecule has 0 fully saturated rings. The molecule has 0 aliphatic heterocycles. The molecule has 2 nitrogen and oxygen atoms in total. The van der Waals surface area contributed by atoms with Crippen LogP contribution in [0.25, 0.3) is 11.3 Å². The van der Waals surface area contributed by atoms with Crippen LogP contribution in [0.3, 0.4) is 0 Å². The summed E-state index contributed by atoms with van der Waals surface area (Å²) in [6.07, 6.45) is 3.53. The fourth-order valence-electron chi connectivity index (χ4n) is 2.51. The molecular formula is C18H26N2S. The van der Waals surface area contributed by atoms with Gasteiger partial charge in [0.25, 0.3) is 0 Å². The van der Waals surface area contributed by atoms with Gasteiger partial charge in [-0.25, -0.2) is 4.98 Å². The average Bonchev–Trinajstić information content (AvgIpc) is 2.80. The molecule has 21 heavy (non-hydrogen) atoms. The minimum absolute atomic E-state index is 1.03. The monoisotopic (exact) mass is 302 g/mol. The number of nitrogens with zero attached hydrogens (tertiary/aromatic N) is 1. The predicted octanol–water partition coefficient (Wildman–Crippen LogP) is 4.67. The van der Waals surface area contributed by atoms with E-state index in [9.17, 15) is 0 Å². The van der Waals surface area contributed by atoms with E-state index >= 15 is 0 Å². The summed E-state index contributed by atoms with van der Waals surface area (Å²) in [6, 6.07) is 6.61.